The number of nitrogens with one attached hydrogen (secondary N) is 1. The average Bonchev–Trinajstić information content (AvgIpc) is 2.89. The lowest BCUT2D eigenvalue weighted by Crippen LogP contribution is -2.28. The first-order valence-corrected chi connectivity index (χ1v) is 11.2. The molecular formula is C27H20F3N3O3. The second-order valence-corrected chi connectivity index (χ2v) is 8.37. The van der Waals surface area contributed by atoms with Crippen molar-refractivity contribution in [3.8, 4) is 11.4 Å². The number of nitrogens with zero attached hydrogens (tertiary/aromatic N) is 2. The lowest BCUT2D eigenvalue weighted by Gasteiger charge is -2.20. The molecule has 1 N–H and O–H groups in total. The predicted octanol–water partition coefficient (Wildman–Crippen LogP) is 5.34. The molecule has 0 radical (unpaired) electrons. The van der Waals surface area contributed by atoms with Gasteiger partial charge in [0.2, 0.25) is 0 Å². The molecule has 6 nitrogen and oxygen atoms in total. The third-order valence-corrected chi connectivity index (χ3v) is 6.02. The zero-order valence-corrected chi connectivity index (χ0v) is 19.0. The van der Waals surface area contributed by atoms with Gasteiger partial charge in [0.25, 0.3) is 11.5 Å². The molecule has 182 valence electrons. The fourth-order valence-electron chi connectivity index (χ4n) is 4.20. The van der Waals surface area contributed by atoms with Crippen LogP contribution in [0.15, 0.2) is 84.0 Å². The van der Waals surface area contributed by atoms with E-state index in [-0.39, 0.29) is 24.1 Å². The monoisotopic (exact) mass is 491 g/mol. The number of halogens is 3. The molecule has 1 atom stereocenters. The van der Waals surface area contributed by atoms with Crippen LogP contribution in [0, 0.1) is 0 Å². The molecule has 2 aromatic carbocycles. The molecule has 0 unspecified atom stereocenters. The van der Waals surface area contributed by atoms with Crippen molar-refractivity contribution in [3.05, 3.63) is 112 Å². The van der Waals surface area contributed by atoms with Gasteiger partial charge < -0.3 is 10.1 Å². The number of rotatable bonds is 4. The van der Waals surface area contributed by atoms with Crippen molar-refractivity contribution in [2.45, 2.75) is 25.6 Å². The normalized spacial score (nSPS) is 13.7. The Morgan fingerprint density at radius 3 is 2.58 bits per heavy atom. The standard InChI is InChI=1S/C27H20F3N3O3/c1-16(22-6-2-3-13-31-22)32-25(34)17-7-12-23-21(15-17)24-20(5-4-14-36-24)26(35)33(23)19-10-8-18(9-11-19)27(28,29)30/h2-4,6-16H,5H2,1H3,(H,32,34)/t16-/m0/s1. The molecule has 1 amide bonds. The topological polar surface area (TPSA) is 73.2 Å². The van der Waals surface area contributed by atoms with Gasteiger partial charge in [0.15, 0.2) is 0 Å². The Labute approximate surface area is 203 Å². The van der Waals surface area contributed by atoms with E-state index in [4.69, 9.17) is 4.74 Å². The number of benzene rings is 2. The highest BCUT2D eigenvalue weighted by atomic mass is 19.4. The SMILES string of the molecule is C[C@H](NC(=O)c1ccc2c(c1)c1c(c(=O)n2-c2ccc(C(F)(F)F)cc2)CC=CO1)c1ccccn1. The molecule has 4 aromatic rings. The zero-order valence-electron chi connectivity index (χ0n) is 19.0. The van der Waals surface area contributed by atoms with Gasteiger partial charge in [-0.05, 0) is 67.6 Å². The summed E-state index contributed by atoms with van der Waals surface area (Å²) in [5.41, 5.74) is 0.858. The van der Waals surface area contributed by atoms with Gasteiger partial charge in [0.1, 0.15) is 5.75 Å². The number of allylic oxidation sites excluding steroid dienone is 1. The van der Waals surface area contributed by atoms with Crippen molar-refractivity contribution in [1.82, 2.24) is 14.9 Å². The van der Waals surface area contributed by atoms with Gasteiger partial charge in [-0.3, -0.25) is 19.1 Å². The quantitative estimate of drug-likeness (QED) is 0.418. The molecule has 0 aliphatic carbocycles. The highest BCUT2D eigenvalue weighted by Gasteiger charge is 2.30. The van der Waals surface area contributed by atoms with Gasteiger partial charge in [-0.1, -0.05) is 6.07 Å². The minimum Gasteiger partial charge on any atom is -0.464 e. The van der Waals surface area contributed by atoms with Crippen molar-refractivity contribution < 1.29 is 22.7 Å². The first kappa shape index (κ1) is 23.3. The van der Waals surface area contributed by atoms with Gasteiger partial charge in [-0.25, -0.2) is 0 Å². The first-order valence-electron chi connectivity index (χ1n) is 11.2. The molecule has 3 heterocycles. The third-order valence-electron chi connectivity index (χ3n) is 6.02. The van der Waals surface area contributed by atoms with E-state index in [1.807, 2.05) is 19.1 Å². The Kier molecular flexibility index (Phi) is 5.83. The highest BCUT2D eigenvalue weighted by molar-refractivity contribution is 6.00. The van der Waals surface area contributed by atoms with Crippen LogP contribution in [0.1, 0.15) is 40.1 Å². The summed E-state index contributed by atoms with van der Waals surface area (Å²) in [7, 11) is 0. The van der Waals surface area contributed by atoms with Crippen molar-refractivity contribution in [3.63, 3.8) is 0 Å². The summed E-state index contributed by atoms with van der Waals surface area (Å²) in [4.78, 5) is 30.7. The minimum atomic E-state index is -4.49. The van der Waals surface area contributed by atoms with E-state index in [1.54, 1.807) is 36.5 Å². The molecule has 0 fully saturated rings. The number of ether oxygens (including phenoxy) is 1. The number of hydrogen-bond acceptors (Lipinski definition) is 4. The number of amides is 1. The Balaban J connectivity index is 1.60. The second-order valence-electron chi connectivity index (χ2n) is 8.37. The Bertz CT molecular complexity index is 1540. The maximum Gasteiger partial charge on any atom is 0.416 e. The summed E-state index contributed by atoms with van der Waals surface area (Å²) in [6, 6.07) is 14.2. The van der Waals surface area contributed by atoms with Gasteiger partial charge in [0, 0.05) is 29.3 Å². The molecule has 2 aromatic heterocycles. The van der Waals surface area contributed by atoms with Crippen LogP contribution < -0.4 is 15.6 Å². The maximum atomic E-state index is 13.4. The largest absolute Gasteiger partial charge is 0.464 e. The Morgan fingerprint density at radius 1 is 1.11 bits per heavy atom. The van der Waals surface area contributed by atoms with Crippen LogP contribution >= 0.6 is 0 Å². The molecular weight excluding hydrogens is 471 g/mol. The zero-order chi connectivity index (χ0) is 25.4. The average molecular weight is 491 g/mol. The number of carbonyl (C=O) groups is 1. The lowest BCUT2D eigenvalue weighted by atomic mass is 10.0. The van der Waals surface area contributed by atoms with Gasteiger partial charge >= 0.3 is 6.18 Å². The van der Waals surface area contributed by atoms with Crippen LogP contribution in [0.25, 0.3) is 16.6 Å². The van der Waals surface area contributed by atoms with E-state index >= 15 is 0 Å². The van der Waals surface area contributed by atoms with Gasteiger partial charge in [-0.2, -0.15) is 13.2 Å². The fourth-order valence-corrected chi connectivity index (χ4v) is 4.20. The van der Waals surface area contributed by atoms with Crippen LogP contribution in [0.2, 0.25) is 0 Å². The van der Waals surface area contributed by atoms with E-state index in [9.17, 15) is 22.8 Å². The van der Waals surface area contributed by atoms with Gasteiger partial charge in [0.05, 0.1) is 34.6 Å². The summed E-state index contributed by atoms with van der Waals surface area (Å²) in [5.74, 6) is -0.0180. The van der Waals surface area contributed by atoms with Crippen LogP contribution in [-0.2, 0) is 12.6 Å². The molecule has 0 saturated carbocycles. The summed E-state index contributed by atoms with van der Waals surface area (Å²) >= 11 is 0. The predicted molar refractivity (Wildman–Crippen MR) is 128 cm³/mol. The number of aromatic nitrogens is 2. The molecule has 0 saturated heterocycles. The van der Waals surface area contributed by atoms with E-state index in [0.29, 0.717) is 33.5 Å². The van der Waals surface area contributed by atoms with Crippen LogP contribution in [0.4, 0.5) is 13.2 Å². The molecule has 9 heteroatoms. The summed E-state index contributed by atoms with van der Waals surface area (Å²) in [6.45, 7) is 1.82. The second kappa shape index (κ2) is 8.99. The summed E-state index contributed by atoms with van der Waals surface area (Å²) in [5, 5.41) is 3.40. The van der Waals surface area contributed by atoms with E-state index in [0.717, 1.165) is 12.1 Å². The molecule has 0 bridgehead atoms. The van der Waals surface area contributed by atoms with Crippen LogP contribution in [0.5, 0.6) is 5.75 Å². The van der Waals surface area contributed by atoms with Crippen molar-refractivity contribution in [2.24, 2.45) is 0 Å². The summed E-state index contributed by atoms with van der Waals surface area (Å²) < 4.78 is 46.2. The van der Waals surface area contributed by atoms with Crippen molar-refractivity contribution in [1.29, 1.82) is 0 Å². The molecule has 36 heavy (non-hydrogen) atoms. The van der Waals surface area contributed by atoms with Crippen LogP contribution in [0.3, 0.4) is 0 Å². The number of fused-ring (bicyclic) bond motifs is 3. The number of carbonyl (C=O) groups excluding carboxylic acids is 1. The van der Waals surface area contributed by atoms with Gasteiger partial charge in [-0.15, -0.1) is 0 Å². The molecule has 1 aliphatic heterocycles. The fraction of sp³-hybridized carbons (Fsp3) is 0.148. The summed E-state index contributed by atoms with van der Waals surface area (Å²) in [6.07, 6.45) is 0.593. The smallest absolute Gasteiger partial charge is 0.416 e. The maximum absolute atomic E-state index is 13.4. The number of hydrogen-bond donors (Lipinski definition) is 1. The lowest BCUT2D eigenvalue weighted by molar-refractivity contribution is -0.137. The van der Waals surface area contributed by atoms with E-state index in [1.165, 1.54) is 23.0 Å². The number of pyridine rings is 2. The minimum absolute atomic E-state index is 0.274. The van der Waals surface area contributed by atoms with E-state index < -0.39 is 17.3 Å². The number of alkyl halides is 3. The van der Waals surface area contributed by atoms with Crippen molar-refractivity contribution in [2.75, 3.05) is 0 Å². The highest BCUT2D eigenvalue weighted by Crippen LogP contribution is 2.34. The third kappa shape index (κ3) is 4.24. The molecule has 0 spiro atoms. The van der Waals surface area contributed by atoms with E-state index in [2.05, 4.69) is 10.3 Å². The molecule has 5 rings (SSSR count). The molecule has 1 aliphatic rings. The van der Waals surface area contributed by atoms with Crippen LogP contribution in [-0.4, -0.2) is 15.5 Å². The Morgan fingerprint density at radius 2 is 1.89 bits per heavy atom. The van der Waals surface area contributed by atoms with Crippen molar-refractivity contribution >= 4 is 16.8 Å². The Hall–Kier alpha value is -4.40. The first-order chi connectivity index (χ1) is 17.2.